The van der Waals surface area contributed by atoms with Crippen LogP contribution in [-0.2, 0) is 0 Å². The lowest BCUT2D eigenvalue weighted by atomic mass is 9.98. The molecule has 178 valence electrons. The normalized spacial score (nSPS) is 14.3. The highest BCUT2D eigenvalue weighted by Crippen LogP contribution is 2.32. The Balaban J connectivity index is 1.38. The number of carbonyl (C=O) groups excluding carboxylic acids is 1. The molecule has 1 saturated heterocycles. The average molecular weight is 493 g/mol. The summed E-state index contributed by atoms with van der Waals surface area (Å²) in [5, 5.41) is 10.2. The second-order valence-electron chi connectivity index (χ2n) is 9.28. The molecule has 1 amide bonds. The van der Waals surface area contributed by atoms with Crippen molar-refractivity contribution in [2.75, 3.05) is 25.0 Å². The van der Waals surface area contributed by atoms with Crippen molar-refractivity contribution < 1.29 is 4.79 Å². The number of aryl methyl sites for hydroxylation is 1. The van der Waals surface area contributed by atoms with Gasteiger partial charge < -0.3 is 15.5 Å². The molecule has 2 heterocycles. The van der Waals surface area contributed by atoms with E-state index in [1.54, 1.807) is 11.3 Å². The fraction of sp³-hybridized carbons (Fsp3) is 0.370. The number of hydrogen-bond acceptors (Lipinski definition) is 4. The summed E-state index contributed by atoms with van der Waals surface area (Å²) in [6.45, 7) is 9.16. The Morgan fingerprint density at radius 2 is 1.85 bits per heavy atom. The SMILES string of the molecule is Cc1ccc(-c2ccccc2NC(=O)c2csc(C3CCN(C(=S)NCC(C)C)CC3)n2)cc1. The van der Waals surface area contributed by atoms with E-state index < -0.39 is 0 Å². The van der Waals surface area contributed by atoms with Crippen LogP contribution in [0.25, 0.3) is 11.1 Å². The zero-order chi connectivity index (χ0) is 24.1. The van der Waals surface area contributed by atoms with Gasteiger partial charge in [-0.05, 0) is 49.5 Å². The van der Waals surface area contributed by atoms with Crippen LogP contribution in [0.2, 0.25) is 0 Å². The number of benzene rings is 2. The molecular formula is C27H32N4OS2. The zero-order valence-electron chi connectivity index (χ0n) is 20.0. The summed E-state index contributed by atoms with van der Waals surface area (Å²) >= 11 is 7.13. The minimum atomic E-state index is -0.168. The van der Waals surface area contributed by atoms with Gasteiger partial charge in [-0.15, -0.1) is 11.3 Å². The Morgan fingerprint density at radius 3 is 2.56 bits per heavy atom. The summed E-state index contributed by atoms with van der Waals surface area (Å²) in [5.74, 6) is 0.772. The topological polar surface area (TPSA) is 57.3 Å². The van der Waals surface area contributed by atoms with E-state index in [9.17, 15) is 4.79 Å². The molecule has 0 bridgehead atoms. The lowest BCUT2D eigenvalue weighted by molar-refractivity contribution is 0.102. The molecule has 0 radical (unpaired) electrons. The molecule has 34 heavy (non-hydrogen) atoms. The average Bonchev–Trinajstić information content (AvgIpc) is 3.34. The van der Waals surface area contributed by atoms with Gasteiger partial charge in [0.05, 0.1) is 5.01 Å². The summed E-state index contributed by atoms with van der Waals surface area (Å²) < 4.78 is 0. The van der Waals surface area contributed by atoms with E-state index in [1.807, 2.05) is 29.6 Å². The first-order chi connectivity index (χ1) is 16.4. The number of hydrogen-bond donors (Lipinski definition) is 2. The van der Waals surface area contributed by atoms with Gasteiger partial charge in [0, 0.05) is 42.2 Å². The molecule has 0 aliphatic carbocycles. The smallest absolute Gasteiger partial charge is 0.275 e. The maximum atomic E-state index is 13.0. The molecule has 5 nitrogen and oxygen atoms in total. The third kappa shape index (κ3) is 6.02. The van der Waals surface area contributed by atoms with Gasteiger partial charge in [0.1, 0.15) is 5.69 Å². The first-order valence-corrected chi connectivity index (χ1v) is 13.1. The van der Waals surface area contributed by atoms with Gasteiger partial charge in [-0.25, -0.2) is 4.98 Å². The molecule has 3 aromatic rings. The monoisotopic (exact) mass is 492 g/mol. The lowest BCUT2D eigenvalue weighted by Gasteiger charge is -2.33. The largest absolute Gasteiger partial charge is 0.362 e. The Morgan fingerprint density at radius 1 is 1.15 bits per heavy atom. The number of carbonyl (C=O) groups is 1. The second-order valence-corrected chi connectivity index (χ2v) is 10.6. The van der Waals surface area contributed by atoms with Crippen LogP contribution in [0, 0.1) is 12.8 Å². The second kappa shape index (κ2) is 11.1. The van der Waals surface area contributed by atoms with Gasteiger partial charge in [0.2, 0.25) is 0 Å². The Labute approximate surface area is 211 Å². The number of likely N-dealkylation sites (tertiary alicyclic amines) is 1. The molecule has 0 spiro atoms. The zero-order valence-corrected chi connectivity index (χ0v) is 21.6. The maximum absolute atomic E-state index is 13.0. The van der Waals surface area contributed by atoms with Crippen LogP contribution in [0.5, 0.6) is 0 Å². The highest BCUT2D eigenvalue weighted by Gasteiger charge is 2.25. The predicted octanol–water partition coefficient (Wildman–Crippen LogP) is 6.08. The van der Waals surface area contributed by atoms with E-state index in [0.717, 1.165) is 59.4 Å². The minimum Gasteiger partial charge on any atom is -0.362 e. The molecule has 2 N–H and O–H groups in total. The number of aromatic nitrogens is 1. The van der Waals surface area contributed by atoms with Crippen molar-refractivity contribution in [1.82, 2.24) is 15.2 Å². The third-order valence-corrected chi connectivity index (χ3v) is 7.50. The number of piperidine rings is 1. The van der Waals surface area contributed by atoms with Crippen molar-refractivity contribution in [2.45, 2.75) is 39.5 Å². The standard InChI is InChI=1S/C27H32N4OS2/c1-18(2)16-28-27(33)31-14-12-21(13-15-31)26-30-24(17-34-26)25(32)29-23-7-5-4-6-22(23)20-10-8-19(3)9-11-20/h4-11,17-18,21H,12-16H2,1-3H3,(H,28,33)(H,29,32). The fourth-order valence-corrected chi connectivity index (χ4v) is 5.31. The third-order valence-electron chi connectivity index (χ3n) is 6.09. The first-order valence-electron chi connectivity index (χ1n) is 11.9. The van der Waals surface area contributed by atoms with E-state index in [0.29, 0.717) is 17.5 Å². The number of nitrogens with zero attached hydrogens (tertiary/aromatic N) is 2. The summed E-state index contributed by atoms with van der Waals surface area (Å²) in [6, 6.07) is 16.2. The Hall–Kier alpha value is -2.77. The minimum absolute atomic E-state index is 0.168. The Kier molecular flexibility index (Phi) is 7.95. The quantitative estimate of drug-likeness (QED) is 0.408. The van der Waals surface area contributed by atoms with Crippen molar-refractivity contribution in [3.05, 3.63) is 70.2 Å². The maximum Gasteiger partial charge on any atom is 0.275 e. The van der Waals surface area contributed by atoms with Crippen molar-refractivity contribution in [2.24, 2.45) is 5.92 Å². The molecular weight excluding hydrogens is 460 g/mol. The van der Waals surface area contributed by atoms with Crippen LogP contribution in [-0.4, -0.2) is 40.5 Å². The van der Waals surface area contributed by atoms with Crippen molar-refractivity contribution in [3.63, 3.8) is 0 Å². The molecule has 2 aromatic carbocycles. The van der Waals surface area contributed by atoms with E-state index >= 15 is 0 Å². The fourth-order valence-electron chi connectivity index (χ4n) is 4.08. The predicted molar refractivity (Wildman–Crippen MR) is 146 cm³/mol. The number of thiocarbonyl (C=S) groups is 1. The van der Waals surface area contributed by atoms with Gasteiger partial charge in [-0.2, -0.15) is 0 Å². The Bertz CT molecular complexity index is 1130. The molecule has 1 aliphatic rings. The van der Waals surface area contributed by atoms with Gasteiger partial charge in [0.25, 0.3) is 5.91 Å². The molecule has 7 heteroatoms. The van der Waals surface area contributed by atoms with Crippen LogP contribution in [0.1, 0.15) is 53.7 Å². The summed E-state index contributed by atoms with van der Waals surface area (Å²) in [7, 11) is 0. The van der Waals surface area contributed by atoms with Crippen LogP contribution < -0.4 is 10.6 Å². The molecule has 4 rings (SSSR count). The number of anilines is 1. The molecule has 1 fully saturated rings. The van der Waals surface area contributed by atoms with Crippen LogP contribution in [0.3, 0.4) is 0 Å². The number of nitrogens with one attached hydrogen (secondary N) is 2. The van der Waals surface area contributed by atoms with Crippen LogP contribution >= 0.6 is 23.6 Å². The summed E-state index contributed by atoms with van der Waals surface area (Å²) in [6.07, 6.45) is 1.99. The number of thiazole rings is 1. The number of para-hydroxylation sites is 1. The van der Waals surface area contributed by atoms with E-state index in [-0.39, 0.29) is 5.91 Å². The van der Waals surface area contributed by atoms with Crippen molar-refractivity contribution in [3.8, 4) is 11.1 Å². The van der Waals surface area contributed by atoms with Gasteiger partial charge >= 0.3 is 0 Å². The molecule has 1 aromatic heterocycles. The summed E-state index contributed by atoms with van der Waals surface area (Å²) in [5.41, 5.74) is 4.56. The van der Waals surface area contributed by atoms with Gasteiger partial charge in [-0.1, -0.05) is 61.9 Å². The highest BCUT2D eigenvalue weighted by molar-refractivity contribution is 7.80. The molecule has 0 unspecified atom stereocenters. The lowest BCUT2D eigenvalue weighted by Crippen LogP contribution is -2.44. The molecule has 0 saturated carbocycles. The highest BCUT2D eigenvalue weighted by atomic mass is 32.1. The number of rotatable bonds is 6. The van der Waals surface area contributed by atoms with Crippen LogP contribution in [0.4, 0.5) is 5.69 Å². The summed E-state index contributed by atoms with van der Waals surface area (Å²) in [4.78, 5) is 20.0. The van der Waals surface area contributed by atoms with Crippen molar-refractivity contribution >= 4 is 40.3 Å². The molecule has 0 atom stereocenters. The van der Waals surface area contributed by atoms with E-state index in [1.165, 1.54) is 5.56 Å². The molecule has 1 aliphatic heterocycles. The number of amides is 1. The van der Waals surface area contributed by atoms with Gasteiger partial charge in [-0.3, -0.25) is 4.79 Å². The van der Waals surface area contributed by atoms with E-state index in [2.05, 4.69) is 60.6 Å². The van der Waals surface area contributed by atoms with Gasteiger partial charge in [0.15, 0.2) is 5.11 Å². The first kappa shape index (κ1) is 24.4. The van der Waals surface area contributed by atoms with Crippen molar-refractivity contribution in [1.29, 1.82) is 0 Å². The van der Waals surface area contributed by atoms with Crippen LogP contribution in [0.15, 0.2) is 53.9 Å². The van der Waals surface area contributed by atoms with E-state index in [4.69, 9.17) is 17.2 Å².